The van der Waals surface area contributed by atoms with E-state index in [2.05, 4.69) is 11.0 Å². The average Bonchev–Trinajstić information content (AvgIpc) is 3.36. The molecule has 0 radical (unpaired) electrons. The minimum Gasteiger partial charge on any atom is -0.366 e. The lowest BCUT2D eigenvalue weighted by Gasteiger charge is -2.23. The molecule has 2 saturated heterocycles. The summed E-state index contributed by atoms with van der Waals surface area (Å²) < 4.78 is 0. The van der Waals surface area contributed by atoms with E-state index in [9.17, 15) is 14.9 Å². The molecule has 1 aromatic heterocycles. The van der Waals surface area contributed by atoms with Crippen molar-refractivity contribution in [3.8, 4) is 6.07 Å². The molecular weight excluding hydrogens is 354 g/mol. The van der Waals surface area contributed by atoms with E-state index in [1.807, 2.05) is 24.3 Å². The smallest absolute Gasteiger partial charge is 0.249 e. The van der Waals surface area contributed by atoms with Gasteiger partial charge < -0.3 is 10.6 Å². The Morgan fingerprint density at radius 3 is 2.86 bits per heavy atom. The van der Waals surface area contributed by atoms with Crippen molar-refractivity contribution in [2.75, 3.05) is 26.2 Å². The SMILES string of the molecule is N#C[C@@H]1CCCN1C(=O)CN1CC[C@H](c2cc(C(N)=O)c3ccccc3n2)C1. The van der Waals surface area contributed by atoms with Gasteiger partial charge in [0.1, 0.15) is 6.04 Å². The van der Waals surface area contributed by atoms with Crippen LogP contribution in [0.3, 0.4) is 0 Å². The molecule has 2 atom stereocenters. The highest BCUT2D eigenvalue weighted by Crippen LogP contribution is 2.29. The van der Waals surface area contributed by atoms with Crippen molar-refractivity contribution >= 4 is 22.7 Å². The minimum atomic E-state index is -0.457. The summed E-state index contributed by atoms with van der Waals surface area (Å²) in [6.45, 7) is 2.50. The molecule has 0 unspecified atom stereocenters. The normalized spacial score (nSPS) is 22.5. The molecular formula is C21H23N5O2. The van der Waals surface area contributed by atoms with Crippen LogP contribution in [0, 0.1) is 11.3 Å². The molecule has 144 valence electrons. The van der Waals surface area contributed by atoms with Crippen molar-refractivity contribution in [2.24, 2.45) is 5.73 Å². The van der Waals surface area contributed by atoms with E-state index in [0.717, 1.165) is 42.4 Å². The Balaban J connectivity index is 1.49. The number of likely N-dealkylation sites (tertiary alicyclic amines) is 2. The van der Waals surface area contributed by atoms with Crippen LogP contribution in [0.4, 0.5) is 0 Å². The van der Waals surface area contributed by atoms with Gasteiger partial charge in [0.25, 0.3) is 0 Å². The third-order valence-corrected chi connectivity index (χ3v) is 5.77. The number of carbonyl (C=O) groups is 2. The van der Waals surface area contributed by atoms with Gasteiger partial charge in [-0.3, -0.25) is 19.5 Å². The van der Waals surface area contributed by atoms with Crippen LogP contribution < -0.4 is 5.73 Å². The molecule has 0 saturated carbocycles. The van der Waals surface area contributed by atoms with E-state index in [1.165, 1.54) is 0 Å². The molecule has 2 fully saturated rings. The van der Waals surface area contributed by atoms with Crippen LogP contribution in [0.25, 0.3) is 10.9 Å². The Bertz CT molecular complexity index is 967. The first-order chi connectivity index (χ1) is 13.6. The molecule has 1 aromatic carbocycles. The van der Waals surface area contributed by atoms with Gasteiger partial charge in [0.2, 0.25) is 11.8 Å². The van der Waals surface area contributed by atoms with Gasteiger partial charge in [0.05, 0.1) is 23.7 Å². The van der Waals surface area contributed by atoms with E-state index in [-0.39, 0.29) is 17.9 Å². The number of fused-ring (bicyclic) bond motifs is 1. The highest BCUT2D eigenvalue weighted by molar-refractivity contribution is 6.05. The van der Waals surface area contributed by atoms with Crippen molar-refractivity contribution in [1.29, 1.82) is 5.26 Å². The first-order valence-corrected chi connectivity index (χ1v) is 9.67. The second-order valence-corrected chi connectivity index (χ2v) is 7.57. The molecule has 3 heterocycles. The molecule has 2 aromatic rings. The fraction of sp³-hybridized carbons (Fsp3) is 0.429. The van der Waals surface area contributed by atoms with Crippen LogP contribution in [0.5, 0.6) is 0 Å². The average molecular weight is 377 g/mol. The maximum atomic E-state index is 12.6. The van der Waals surface area contributed by atoms with Gasteiger partial charge in [0, 0.05) is 30.1 Å². The maximum absolute atomic E-state index is 12.6. The van der Waals surface area contributed by atoms with Crippen molar-refractivity contribution in [3.05, 3.63) is 41.6 Å². The maximum Gasteiger partial charge on any atom is 0.249 e. The molecule has 2 N–H and O–H groups in total. The lowest BCUT2D eigenvalue weighted by atomic mass is 9.99. The summed E-state index contributed by atoms with van der Waals surface area (Å²) in [6, 6.07) is 11.2. The molecule has 2 aliphatic rings. The van der Waals surface area contributed by atoms with Gasteiger partial charge in [-0.1, -0.05) is 18.2 Å². The number of hydrogen-bond acceptors (Lipinski definition) is 5. The van der Waals surface area contributed by atoms with Gasteiger partial charge in [-0.2, -0.15) is 5.26 Å². The van der Waals surface area contributed by atoms with Gasteiger partial charge in [-0.15, -0.1) is 0 Å². The molecule has 4 rings (SSSR count). The monoisotopic (exact) mass is 377 g/mol. The summed E-state index contributed by atoms with van der Waals surface area (Å²) in [6.07, 6.45) is 2.53. The van der Waals surface area contributed by atoms with E-state index in [1.54, 1.807) is 11.0 Å². The second-order valence-electron chi connectivity index (χ2n) is 7.57. The quantitative estimate of drug-likeness (QED) is 0.872. The Morgan fingerprint density at radius 2 is 2.07 bits per heavy atom. The van der Waals surface area contributed by atoms with Crippen LogP contribution in [0.2, 0.25) is 0 Å². The van der Waals surface area contributed by atoms with Gasteiger partial charge in [-0.25, -0.2) is 0 Å². The molecule has 2 aliphatic heterocycles. The lowest BCUT2D eigenvalue weighted by Crippen LogP contribution is -2.41. The Hall–Kier alpha value is -2.98. The Labute approximate surface area is 163 Å². The zero-order valence-electron chi connectivity index (χ0n) is 15.7. The number of pyridine rings is 1. The number of para-hydroxylation sites is 1. The third kappa shape index (κ3) is 3.43. The zero-order valence-corrected chi connectivity index (χ0v) is 15.7. The number of primary amides is 1. The number of benzene rings is 1. The number of amides is 2. The van der Waals surface area contributed by atoms with Crippen molar-refractivity contribution in [1.82, 2.24) is 14.8 Å². The number of aromatic nitrogens is 1. The molecule has 7 heteroatoms. The Kier molecular flexibility index (Phi) is 4.97. The number of carbonyl (C=O) groups excluding carboxylic acids is 2. The van der Waals surface area contributed by atoms with E-state index in [0.29, 0.717) is 25.2 Å². The first kappa shape index (κ1) is 18.4. The number of nitrogens with zero attached hydrogens (tertiary/aromatic N) is 4. The van der Waals surface area contributed by atoms with Crippen molar-refractivity contribution < 1.29 is 9.59 Å². The van der Waals surface area contributed by atoms with Crippen molar-refractivity contribution in [2.45, 2.75) is 31.2 Å². The minimum absolute atomic E-state index is 0.0222. The second kappa shape index (κ2) is 7.56. The summed E-state index contributed by atoms with van der Waals surface area (Å²) in [5.41, 5.74) is 7.68. The van der Waals surface area contributed by atoms with Crippen LogP contribution in [-0.2, 0) is 4.79 Å². The third-order valence-electron chi connectivity index (χ3n) is 5.77. The van der Waals surface area contributed by atoms with E-state index in [4.69, 9.17) is 10.7 Å². The molecule has 2 amide bonds. The number of nitriles is 1. The molecule has 0 bridgehead atoms. The highest BCUT2D eigenvalue weighted by atomic mass is 16.2. The van der Waals surface area contributed by atoms with E-state index >= 15 is 0 Å². The van der Waals surface area contributed by atoms with E-state index < -0.39 is 5.91 Å². The number of nitrogens with two attached hydrogens (primary N) is 1. The lowest BCUT2D eigenvalue weighted by molar-refractivity contribution is -0.132. The summed E-state index contributed by atoms with van der Waals surface area (Å²) in [4.78, 5) is 33.1. The topological polar surface area (TPSA) is 103 Å². The van der Waals surface area contributed by atoms with Gasteiger partial charge in [-0.05, 0) is 37.9 Å². The highest BCUT2D eigenvalue weighted by Gasteiger charge is 2.32. The molecule has 0 spiro atoms. The number of rotatable bonds is 4. The zero-order chi connectivity index (χ0) is 19.7. The predicted octanol–water partition coefficient (Wildman–Crippen LogP) is 1.64. The largest absolute Gasteiger partial charge is 0.366 e. The van der Waals surface area contributed by atoms with Crippen molar-refractivity contribution in [3.63, 3.8) is 0 Å². The standard InChI is InChI=1S/C21H23N5O2/c22-11-15-4-3-8-26(15)20(27)13-25-9-7-14(12-25)19-10-17(21(23)28)16-5-1-2-6-18(16)24-19/h1-2,5-6,10,14-15H,3-4,7-9,12-13H2,(H2,23,28)/t14-,15-/m0/s1. The molecule has 7 nitrogen and oxygen atoms in total. The van der Waals surface area contributed by atoms with Crippen LogP contribution >= 0.6 is 0 Å². The summed E-state index contributed by atoms with van der Waals surface area (Å²) in [5, 5.41) is 9.95. The Morgan fingerprint density at radius 1 is 1.25 bits per heavy atom. The summed E-state index contributed by atoms with van der Waals surface area (Å²) >= 11 is 0. The van der Waals surface area contributed by atoms with Gasteiger partial charge >= 0.3 is 0 Å². The summed E-state index contributed by atoms with van der Waals surface area (Å²) in [7, 11) is 0. The van der Waals surface area contributed by atoms with Crippen LogP contribution in [-0.4, -0.2) is 58.8 Å². The number of hydrogen-bond donors (Lipinski definition) is 1. The summed E-state index contributed by atoms with van der Waals surface area (Å²) in [5.74, 6) is -0.281. The molecule has 0 aliphatic carbocycles. The van der Waals surface area contributed by atoms with Crippen LogP contribution in [0.15, 0.2) is 30.3 Å². The fourth-order valence-corrected chi connectivity index (χ4v) is 4.31. The fourth-order valence-electron chi connectivity index (χ4n) is 4.31. The predicted molar refractivity (Wildman–Crippen MR) is 104 cm³/mol. The first-order valence-electron chi connectivity index (χ1n) is 9.67. The van der Waals surface area contributed by atoms with Crippen LogP contribution in [0.1, 0.15) is 41.2 Å². The van der Waals surface area contributed by atoms with Gasteiger partial charge in [0.15, 0.2) is 0 Å². The molecule has 28 heavy (non-hydrogen) atoms.